The molecular formula is C21H22N2. The van der Waals surface area contributed by atoms with Gasteiger partial charge in [0.15, 0.2) is 0 Å². The molecule has 2 aromatic carbocycles. The lowest BCUT2D eigenvalue weighted by Crippen LogP contribution is -2.26. The topological polar surface area (TPSA) is 8.17 Å². The van der Waals surface area contributed by atoms with Crippen LogP contribution in [0.2, 0.25) is 0 Å². The zero-order chi connectivity index (χ0) is 15.8. The van der Waals surface area contributed by atoms with Gasteiger partial charge in [0, 0.05) is 36.8 Å². The first-order valence-electron chi connectivity index (χ1n) is 8.26. The molecule has 0 radical (unpaired) electrons. The minimum atomic E-state index is 1.04. The summed E-state index contributed by atoms with van der Waals surface area (Å²) in [6, 6.07) is 17.4. The van der Waals surface area contributed by atoms with Crippen molar-refractivity contribution in [3.63, 3.8) is 0 Å². The summed E-state index contributed by atoms with van der Waals surface area (Å²) in [5, 5.41) is 1.39. The monoisotopic (exact) mass is 302 g/mol. The number of nitrogens with zero attached hydrogens (tertiary/aromatic N) is 2. The molecule has 0 saturated heterocycles. The molecule has 0 atom stereocenters. The second-order valence-corrected chi connectivity index (χ2v) is 6.53. The van der Waals surface area contributed by atoms with Gasteiger partial charge in [-0.2, -0.15) is 0 Å². The molecule has 0 fully saturated rings. The Hall–Kier alpha value is -2.32. The van der Waals surface area contributed by atoms with E-state index in [0.29, 0.717) is 0 Å². The summed E-state index contributed by atoms with van der Waals surface area (Å²) in [6.45, 7) is 4.29. The van der Waals surface area contributed by atoms with E-state index in [1.165, 1.54) is 33.3 Å². The molecule has 23 heavy (non-hydrogen) atoms. The van der Waals surface area contributed by atoms with Gasteiger partial charge in [0.25, 0.3) is 0 Å². The van der Waals surface area contributed by atoms with E-state index in [2.05, 4.69) is 84.2 Å². The molecule has 2 heterocycles. The molecule has 0 bridgehead atoms. The standard InChI is InChI=1S/C21H22N2/c1-16-7-9-17(10-8-16)11-14-23-20-6-4-3-5-18(20)19-15-22(2)13-12-21(19)23/h3-11,14H,12-13,15H2,1-2H3/b14-11+. The number of hydrogen-bond donors (Lipinski definition) is 0. The van der Waals surface area contributed by atoms with Crippen LogP contribution in [0, 0.1) is 6.92 Å². The van der Waals surface area contributed by atoms with Crippen LogP contribution in [0.5, 0.6) is 0 Å². The van der Waals surface area contributed by atoms with Crippen LogP contribution in [0.15, 0.2) is 48.5 Å². The van der Waals surface area contributed by atoms with Gasteiger partial charge in [-0.25, -0.2) is 0 Å². The van der Waals surface area contributed by atoms with Gasteiger partial charge in [-0.15, -0.1) is 0 Å². The fourth-order valence-electron chi connectivity index (χ4n) is 3.49. The molecule has 4 rings (SSSR count). The van der Waals surface area contributed by atoms with E-state index in [-0.39, 0.29) is 0 Å². The molecule has 1 aliphatic rings. The van der Waals surface area contributed by atoms with Crippen molar-refractivity contribution in [3.8, 4) is 0 Å². The number of hydrogen-bond acceptors (Lipinski definition) is 1. The number of para-hydroxylation sites is 1. The zero-order valence-electron chi connectivity index (χ0n) is 13.8. The molecule has 116 valence electrons. The summed E-state index contributed by atoms with van der Waals surface area (Å²) < 4.78 is 2.39. The number of fused-ring (bicyclic) bond motifs is 3. The fraction of sp³-hybridized carbons (Fsp3) is 0.238. The normalized spacial score (nSPS) is 15.4. The molecule has 0 aliphatic carbocycles. The number of aryl methyl sites for hydroxylation is 1. The fourth-order valence-corrected chi connectivity index (χ4v) is 3.49. The molecule has 0 N–H and O–H groups in total. The quantitative estimate of drug-likeness (QED) is 0.673. The second kappa shape index (κ2) is 5.71. The largest absolute Gasteiger partial charge is 0.320 e. The first kappa shape index (κ1) is 14.3. The molecule has 0 saturated carbocycles. The van der Waals surface area contributed by atoms with E-state index in [1.54, 1.807) is 0 Å². The van der Waals surface area contributed by atoms with E-state index < -0.39 is 0 Å². The summed E-state index contributed by atoms with van der Waals surface area (Å²) >= 11 is 0. The second-order valence-electron chi connectivity index (χ2n) is 6.53. The van der Waals surface area contributed by atoms with Gasteiger partial charge in [-0.05, 0) is 37.2 Å². The third-order valence-corrected chi connectivity index (χ3v) is 4.78. The van der Waals surface area contributed by atoms with Crippen LogP contribution in [-0.4, -0.2) is 23.1 Å². The van der Waals surface area contributed by atoms with E-state index >= 15 is 0 Å². The summed E-state index contributed by atoms with van der Waals surface area (Å²) in [6.07, 6.45) is 5.56. The minimum Gasteiger partial charge on any atom is -0.320 e. The van der Waals surface area contributed by atoms with Gasteiger partial charge < -0.3 is 9.47 Å². The number of aromatic nitrogens is 1. The van der Waals surface area contributed by atoms with Crippen molar-refractivity contribution < 1.29 is 0 Å². The van der Waals surface area contributed by atoms with Crippen LogP contribution >= 0.6 is 0 Å². The Balaban J connectivity index is 1.82. The molecule has 0 unspecified atom stereocenters. The first-order chi connectivity index (χ1) is 11.2. The van der Waals surface area contributed by atoms with Crippen LogP contribution in [0.1, 0.15) is 22.4 Å². The molecule has 2 nitrogen and oxygen atoms in total. The van der Waals surface area contributed by atoms with Crippen LogP contribution in [-0.2, 0) is 13.0 Å². The minimum absolute atomic E-state index is 1.04. The van der Waals surface area contributed by atoms with E-state index in [4.69, 9.17) is 0 Å². The van der Waals surface area contributed by atoms with Crippen molar-refractivity contribution >= 4 is 23.2 Å². The maximum Gasteiger partial charge on any atom is 0.0528 e. The zero-order valence-corrected chi connectivity index (χ0v) is 13.8. The average Bonchev–Trinajstić information content (AvgIpc) is 2.88. The highest BCUT2D eigenvalue weighted by molar-refractivity contribution is 5.88. The van der Waals surface area contributed by atoms with Crippen LogP contribution in [0.25, 0.3) is 23.2 Å². The molecule has 0 spiro atoms. The van der Waals surface area contributed by atoms with Crippen LogP contribution in [0.3, 0.4) is 0 Å². The van der Waals surface area contributed by atoms with Crippen molar-refractivity contribution in [3.05, 3.63) is 70.9 Å². The van der Waals surface area contributed by atoms with Crippen LogP contribution in [0.4, 0.5) is 0 Å². The van der Waals surface area contributed by atoms with Crippen LogP contribution < -0.4 is 0 Å². The lowest BCUT2D eigenvalue weighted by Gasteiger charge is -2.23. The van der Waals surface area contributed by atoms with Gasteiger partial charge in [-0.1, -0.05) is 48.0 Å². The Labute approximate surface area is 137 Å². The molecule has 2 heteroatoms. The highest BCUT2D eigenvalue weighted by atomic mass is 15.1. The smallest absolute Gasteiger partial charge is 0.0528 e. The third kappa shape index (κ3) is 2.60. The first-order valence-corrected chi connectivity index (χ1v) is 8.26. The molecule has 0 amide bonds. The highest BCUT2D eigenvalue weighted by Crippen LogP contribution is 2.30. The molecule has 1 aromatic heterocycles. The van der Waals surface area contributed by atoms with Gasteiger partial charge in [0.1, 0.15) is 0 Å². The molecule has 1 aliphatic heterocycles. The number of rotatable bonds is 2. The Morgan fingerprint density at radius 3 is 2.61 bits per heavy atom. The Morgan fingerprint density at radius 1 is 1.00 bits per heavy atom. The maximum absolute atomic E-state index is 2.41. The Bertz CT molecular complexity index is 869. The lowest BCUT2D eigenvalue weighted by atomic mass is 10.1. The van der Waals surface area contributed by atoms with Gasteiger partial charge in [0.2, 0.25) is 0 Å². The summed E-state index contributed by atoms with van der Waals surface area (Å²) in [4.78, 5) is 2.41. The van der Waals surface area contributed by atoms with E-state index in [9.17, 15) is 0 Å². The van der Waals surface area contributed by atoms with E-state index in [1.807, 2.05) is 0 Å². The van der Waals surface area contributed by atoms with Gasteiger partial charge in [0.05, 0.1) is 5.52 Å². The summed E-state index contributed by atoms with van der Waals surface area (Å²) in [7, 11) is 2.21. The van der Waals surface area contributed by atoms with Gasteiger partial charge in [-0.3, -0.25) is 0 Å². The SMILES string of the molecule is Cc1ccc(/C=C/n2c3c(c4ccccc42)CN(C)CC3)cc1. The molecule has 3 aromatic rings. The van der Waals surface area contributed by atoms with Crippen molar-refractivity contribution in [2.45, 2.75) is 19.9 Å². The predicted octanol–water partition coefficient (Wildman–Crippen LogP) is 4.57. The highest BCUT2D eigenvalue weighted by Gasteiger charge is 2.20. The Kier molecular flexibility index (Phi) is 3.55. The third-order valence-electron chi connectivity index (χ3n) is 4.78. The number of benzene rings is 2. The average molecular weight is 302 g/mol. The molecular weight excluding hydrogens is 280 g/mol. The van der Waals surface area contributed by atoms with E-state index in [0.717, 1.165) is 19.5 Å². The van der Waals surface area contributed by atoms with Crippen molar-refractivity contribution in [2.75, 3.05) is 13.6 Å². The lowest BCUT2D eigenvalue weighted by molar-refractivity contribution is 0.312. The Morgan fingerprint density at radius 2 is 1.78 bits per heavy atom. The van der Waals surface area contributed by atoms with Crippen molar-refractivity contribution in [1.82, 2.24) is 9.47 Å². The maximum atomic E-state index is 2.41. The van der Waals surface area contributed by atoms with Crippen molar-refractivity contribution in [2.24, 2.45) is 0 Å². The summed E-state index contributed by atoms with van der Waals surface area (Å²) in [5.74, 6) is 0. The predicted molar refractivity (Wildman–Crippen MR) is 98.4 cm³/mol. The number of likely N-dealkylation sites (N-methyl/N-ethyl adjacent to an activating group) is 1. The summed E-state index contributed by atoms with van der Waals surface area (Å²) in [5.41, 5.74) is 6.82. The van der Waals surface area contributed by atoms with Gasteiger partial charge >= 0.3 is 0 Å². The van der Waals surface area contributed by atoms with Crippen molar-refractivity contribution in [1.29, 1.82) is 0 Å².